The summed E-state index contributed by atoms with van der Waals surface area (Å²) in [5, 5.41) is 10.5. The minimum absolute atomic E-state index is 0.406. The second kappa shape index (κ2) is 6.71. The van der Waals surface area contributed by atoms with Gasteiger partial charge in [-0.1, -0.05) is 0 Å². The van der Waals surface area contributed by atoms with Gasteiger partial charge in [0.2, 0.25) is 0 Å². The van der Waals surface area contributed by atoms with Crippen molar-refractivity contribution in [3.8, 4) is 6.07 Å². The van der Waals surface area contributed by atoms with Gasteiger partial charge < -0.3 is 9.64 Å². The van der Waals surface area contributed by atoms with E-state index in [2.05, 4.69) is 20.9 Å². The lowest BCUT2D eigenvalue weighted by Crippen LogP contribution is -2.45. The molecule has 2 fully saturated rings. The summed E-state index contributed by atoms with van der Waals surface area (Å²) in [7, 11) is 0. The number of pyridine rings is 2. The summed E-state index contributed by atoms with van der Waals surface area (Å²) in [6.07, 6.45) is 4.03. The van der Waals surface area contributed by atoms with Crippen molar-refractivity contribution < 1.29 is 4.74 Å². The predicted octanol–water partition coefficient (Wildman–Crippen LogP) is 1.80. The van der Waals surface area contributed by atoms with Gasteiger partial charge in [-0.05, 0) is 31.0 Å². The molecular formula is C18H21N5O. The molecule has 0 aliphatic carbocycles. The summed E-state index contributed by atoms with van der Waals surface area (Å²) < 4.78 is 5.44. The lowest BCUT2D eigenvalue weighted by molar-refractivity contribution is 0.0354. The number of nitriles is 1. The maximum absolute atomic E-state index is 9.58. The third kappa shape index (κ3) is 2.93. The molecule has 0 aromatic carbocycles. The topological polar surface area (TPSA) is 65.3 Å². The number of hydrogen-bond acceptors (Lipinski definition) is 6. The molecule has 0 spiro atoms. The van der Waals surface area contributed by atoms with E-state index in [4.69, 9.17) is 9.72 Å². The maximum atomic E-state index is 9.58. The molecule has 2 aliphatic heterocycles. The second-order valence-corrected chi connectivity index (χ2v) is 6.42. The van der Waals surface area contributed by atoms with Gasteiger partial charge in [-0.2, -0.15) is 5.26 Å². The van der Waals surface area contributed by atoms with Crippen LogP contribution in [0.2, 0.25) is 0 Å². The number of ether oxygens (including phenoxy) is 1. The van der Waals surface area contributed by atoms with Gasteiger partial charge in [0.05, 0.1) is 18.8 Å². The third-order valence-electron chi connectivity index (χ3n) is 4.91. The average Bonchev–Trinajstić information content (AvgIpc) is 3.09. The van der Waals surface area contributed by atoms with Gasteiger partial charge in [0.25, 0.3) is 0 Å². The van der Waals surface area contributed by atoms with Crippen molar-refractivity contribution in [2.45, 2.75) is 18.9 Å². The summed E-state index contributed by atoms with van der Waals surface area (Å²) in [4.78, 5) is 13.8. The third-order valence-corrected chi connectivity index (χ3v) is 4.91. The van der Waals surface area contributed by atoms with Crippen LogP contribution in [0.15, 0.2) is 24.4 Å². The summed E-state index contributed by atoms with van der Waals surface area (Å²) >= 11 is 0. The zero-order valence-electron chi connectivity index (χ0n) is 13.7. The highest BCUT2D eigenvalue weighted by Gasteiger charge is 2.30. The number of hydrogen-bond donors (Lipinski definition) is 0. The van der Waals surface area contributed by atoms with Crippen LogP contribution in [0.25, 0.3) is 11.0 Å². The summed E-state index contributed by atoms with van der Waals surface area (Å²) in [5.41, 5.74) is 1.35. The zero-order valence-corrected chi connectivity index (χ0v) is 13.7. The van der Waals surface area contributed by atoms with Gasteiger partial charge in [0, 0.05) is 43.8 Å². The molecule has 124 valence electrons. The number of fused-ring (bicyclic) bond motifs is 1. The molecule has 0 amide bonds. The van der Waals surface area contributed by atoms with Crippen LogP contribution >= 0.6 is 0 Å². The van der Waals surface area contributed by atoms with E-state index in [9.17, 15) is 5.26 Å². The van der Waals surface area contributed by atoms with E-state index in [-0.39, 0.29) is 0 Å². The summed E-state index contributed by atoms with van der Waals surface area (Å²) in [5.74, 6) is 0.791. The number of aromatic nitrogens is 2. The second-order valence-electron chi connectivity index (χ2n) is 6.42. The van der Waals surface area contributed by atoms with E-state index in [0.717, 1.165) is 63.4 Å². The van der Waals surface area contributed by atoms with Gasteiger partial charge in [0.1, 0.15) is 11.9 Å². The fraction of sp³-hybridized carbons (Fsp3) is 0.500. The van der Waals surface area contributed by atoms with Crippen LogP contribution < -0.4 is 4.90 Å². The Morgan fingerprint density at radius 1 is 1.29 bits per heavy atom. The quantitative estimate of drug-likeness (QED) is 0.858. The minimum atomic E-state index is 0.406. The van der Waals surface area contributed by atoms with Crippen molar-refractivity contribution >= 4 is 16.9 Å². The molecule has 0 unspecified atom stereocenters. The molecule has 0 N–H and O–H groups in total. The Morgan fingerprint density at radius 2 is 2.17 bits per heavy atom. The van der Waals surface area contributed by atoms with E-state index < -0.39 is 0 Å². The van der Waals surface area contributed by atoms with Crippen LogP contribution in [0, 0.1) is 11.3 Å². The molecule has 2 aromatic heterocycles. The fourth-order valence-corrected chi connectivity index (χ4v) is 3.68. The summed E-state index contributed by atoms with van der Waals surface area (Å²) in [6.45, 7) is 5.57. The highest BCUT2D eigenvalue weighted by molar-refractivity contribution is 5.80. The molecular weight excluding hydrogens is 302 g/mol. The summed E-state index contributed by atoms with van der Waals surface area (Å²) in [6, 6.07) is 8.47. The van der Waals surface area contributed by atoms with Crippen LogP contribution in [0.4, 0.5) is 5.82 Å². The predicted molar refractivity (Wildman–Crippen MR) is 91.9 cm³/mol. The number of nitrogens with zero attached hydrogens (tertiary/aromatic N) is 5. The standard InChI is InChI=1S/C18H21N5O/c19-12-15-11-14-3-1-5-20-17(14)21-18(15)23-6-2-4-16(23)13-22-7-9-24-10-8-22/h1,3,5,11,16H,2,4,6-10,13H2/t16-/m0/s1. The van der Waals surface area contributed by atoms with Crippen LogP contribution in [0.3, 0.4) is 0 Å². The molecule has 0 bridgehead atoms. The van der Waals surface area contributed by atoms with E-state index in [0.29, 0.717) is 17.3 Å². The van der Waals surface area contributed by atoms with Crippen LogP contribution in [0.5, 0.6) is 0 Å². The Morgan fingerprint density at radius 3 is 3.00 bits per heavy atom. The molecule has 6 nitrogen and oxygen atoms in total. The molecule has 2 aliphatic rings. The van der Waals surface area contributed by atoms with Crippen molar-refractivity contribution in [2.24, 2.45) is 0 Å². The van der Waals surface area contributed by atoms with E-state index >= 15 is 0 Å². The first-order chi connectivity index (χ1) is 11.8. The lowest BCUT2D eigenvalue weighted by Gasteiger charge is -2.33. The molecule has 2 aromatic rings. The number of morpholine rings is 1. The van der Waals surface area contributed by atoms with Gasteiger partial charge in [-0.25, -0.2) is 9.97 Å². The van der Waals surface area contributed by atoms with E-state index in [1.54, 1.807) is 6.20 Å². The first-order valence-corrected chi connectivity index (χ1v) is 8.58. The molecule has 4 heterocycles. The van der Waals surface area contributed by atoms with Gasteiger partial charge in [0.15, 0.2) is 5.65 Å². The van der Waals surface area contributed by atoms with Crippen molar-refractivity contribution in [1.29, 1.82) is 5.26 Å². The molecule has 0 radical (unpaired) electrons. The van der Waals surface area contributed by atoms with E-state index in [1.807, 2.05) is 18.2 Å². The molecule has 4 rings (SSSR count). The smallest absolute Gasteiger partial charge is 0.161 e. The monoisotopic (exact) mass is 323 g/mol. The molecule has 24 heavy (non-hydrogen) atoms. The maximum Gasteiger partial charge on any atom is 0.161 e. The van der Waals surface area contributed by atoms with Crippen molar-refractivity contribution in [1.82, 2.24) is 14.9 Å². The largest absolute Gasteiger partial charge is 0.379 e. The van der Waals surface area contributed by atoms with Gasteiger partial charge in [-0.15, -0.1) is 0 Å². The lowest BCUT2D eigenvalue weighted by atomic mass is 10.1. The Hall–Kier alpha value is -2.23. The Bertz CT molecular complexity index is 766. The number of rotatable bonds is 3. The average molecular weight is 323 g/mol. The van der Waals surface area contributed by atoms with Gasteiger partial charge >= 0.3 is 0 Å². The first-order valence-electron chi connectivity index (χ1n) is 8.58. The minimum Gasteiger partial charge on any atom is -0.379 e. The zero-order chi connectivity index (χ0) is 16.4. The highest BCUT2D eigenvalue weighted by Crippen LogP contribution is 2.29. The van der Waals surface area contributed by atoms with Crippen molar-refractivity contribution in [2.75, 3.05) is 44.3 Å². The van der Waals surface area contributed by atoms with Crippen LogP contribution in [-0.2, 0) is 4.74 Å². The van der Waals surface area contributed by atoms with Crippen molar-refractivity contribution in [3.05, 3.63) is 30.0 Å². The SMILES string of the molecule is N#Cc1cc2cccnc2nc1N1CCC[C@H]1CN1CCOCC1. The Labute approximate surface area is 141 Å². The number of anilines is 1. The fourth-order valence-electron chi connectivity index (χ4n) is 3.68. The molecule has 6 heteroatoms. The van der Waals surface area contributed by atoms with Gasteiger partial charge in [-0.3, -0.25) is 4.90 Å². The van der Waals surface area contributed by atoms with Crippen molar-refractivity contribution in [3.63, 3.8) is 0 Å². The molecule has 1 atom stereocenters. The molecule has 2 saturated heterocycles. The van der Waals surface area contributed by atoms with E-state index in [1.165, 1.54) is 0 Å². The first kappa shape index (κ1) is 15.3. The Balaban J connectivity index is 1.63. The normalized spacial score (nSPS) is 22.0. The Kier molecular flexibility index (Phi) is 4.28. The van der Waals surface area contributed by atoms with Crippen LogP contribution in [-0.4, -0.2) is 60.3 Å². The van der Waals surface area contributed by atoms with Crippen LogP contribution in [0.1, 0.15) is 18.4 Å². The highest BCUT2D eigenvalue weighted by atomic mass is 16.5. The molecule has 0 saturated carbocycles.